The van der Waals surface area contributed by atoms with E-state index < -0.39 is 11.7 Å². The minimum atomic E-state index is -4.42. The number of hydrogen-bond donors (Lipinski definition) is 0. The first kappa shape index (κ1) is 18.5. The van der Waals surface area contributed by atoms with Crippen LogP contribution < -0.4 is 4.74 Å². The molecule has 138 valence electrons. The van der Waals surface area contributed by atoms with Gasteiger partial charge in [0.25, 0.3) is 5.91 Å². The van der Waals surface area contributed by atoms with Crippen LogP contribution in [0.15, 0.2) is 42.6 Å². The molecular formula is C18H16ClF3N2O2. The van der Waals surface area contributed by atoms with Crippen LogP contribution in [-0.2, 0) is 6.18 Å². The van der Waals surface area contributed by atoms with Gasteiger partial charge in [-0.1, -0.05) is 23.7 Å². The number of pyridine rings is 1. The molecule has 0 unspecified atom stereocenters. The second kappa shape index (κ2) is 7.53. The van der Waals surface area contributed by atoms with Crippen molar-refractivity contribution < 1.29 is 22.7 Å². The van der Waals surface area contributed by atoms with E-state index in [4.69, 9.17) is 16.3 Å². The predicted octanol–water partition coefficient (Wildman–Crippen LogP) is 4.44. The summed E-state index contributed by atoms with van der Waals surface area (Å²) >= 11 is 6.06. The lowest BCUT2D eigenvalue weighted by Crippen LogP contribution is -2.42. The summed E-state index contributed by atoms with van der Waals surface area (Å²) in [5, 5.41) is 0.407. The minimum Gasteiger partial charge on any atom is -0.474 e. The normalized spacial score (nSPS) is 15.8. The van der Waals surface area contributed by atoms with Crippen molar-refractivity contribution >= 4 is 17.5 Å². The van der Waals surface area contributed by atoms with E-state index in [9.17, 15) is 18.0 Å². The molecule has 1 aliphatic heterocycles. The van der Waals surface area contributed by atoms with Crippen molar-refractivity contribution in [2.24, 2.45) is 0 Å². The number of alkyl halides is 3. The Morgan fingerprint density at radius 1 is 1.15 bits per heavy atom. The topological polar surface area (TPSA) is 42.4 Å². The highest BCUT2D eigenvalue weighted by Crippen LogP contribution is 2.29. The monoisotopic (exact) mass is 384 g/mol. The molecule has 3 rings (SSSR count). The van der Waals surface area contributed by atoms with Crippen LogP contribution in [0, 0.1) is 0 Å². The van der Waals surface area contributed by atoms with Crippen molar-refractivity contribution in [3.63, 3.8) is 0 Å². The highest BCUT2D eigenvalue weighted by atomic mass is 35.5. The molecule has 1 aromatic heterocycles. The van der Waals surface area contributed by atoms with Gasteiger partial charge < -0.3 is 9.64 Å². The zero-order chi connectivity index (χ0) is 18.7. The van der Waals surface area contributed by atoms with Crippen molar-refractivity contribution in [2.75, 3.05) is 13.1 Å². The van der Waals surface area contributed by atoms with Gasteiger partial charge in [-0.3, -0.25) is 4.79 Å². The molecule has 4 nitrogen and oxygen atoms in total. The summed E-state index contributed by atoms with van der Waals surface area (Å²) < 4.78 is 43.3. The maximum atomic E-state index is 12.5. The number of carbonyl (C=O) groups excluding carboxylic acids is 1. The van der Waals surface area contributed by atoms with Gasteiger partial charge in [-0.2, -0.15) is 13.2 Å². The predicted molar refractivity (Wildman–Crippen MR) is 90.2 cm³/mol. The van der Waals surface area contributed by atoms with Crippen LogP contribution >= 0.6 is 11.6 Å². The number of ether oxygens (including phenoxy) is 1. The molecular weight excluding hydrogens is 369 g/mol. The smallest absolute Gasteiger partial charge is 0.417 e. The van der Waals surface area contributed by atoms with Gasteiger partial charge >= 0.3 is 6.18 Å². The molecule has 0 bridgehead atoms. The fourth-order valence-corrected chi connectivity index (χ4v) is 2.99. The number of piperidine rings is 1. The Hall–Kier alpha value is -2.28. The third kappa shape index (κ3) is 4.27. The van der Waals surface area contributed by atoms with Gasteiger partial charge in [0.1, 0.15) is 6.10 Å². The van der Waals surface area contributed by atoms with Gasteiger partial charge in [-0.25, -0.2) is 4.98 Å². The van der Waals surface area contributed by atoms with E-state index in [1.54, 1.807) is 29.2 Å². The molecule has 1 amide bonds. The van der Waals surface area contributed by atoms with Gasteiger partial charge in [-0.15, -0.1) is 0 Å². The lowest BCUT2D eigenvalue weighted by molar-refractivity contribution is -0.137. The average molecular weight is 385 g/mol. The fourth-order valence-electron chi connectivity index (χ4n) is 2.77. The first-order chi connectivity index (χ1) is 12.3. The third-order valence-corrected chi connectivity index (χ3v) is 4.51. The standard InChI is InChI=1S/C18H16ClF3N2O2/c19-15-4-2-1-3-14(15)17(25)24-9-7-13(8-10-24)26-16-6-5-12(11-23-16)18(20,21)22/h1-6,11,13H,7-10H2. The van der Waals surface area contributed by atoms with E-state index in [-0.39, 0.29) is 17.9 Å². The van der Waals surface area contributed by atoms with E-state index in [1.165, 1.54) is 6.07 Å². The Kier molecular flexibility index (Phi) is 5.36. The third-order valence-electron chi connectivity index (χ3n) is 4.18. The number of rotatable bonds is 3. The quantitative estimate of drug-likeness (QED) is 0.785. The number of halogens is 4. The lowest BCUT2D eigenvalue weighted by Gasteiger charge is -2.32. The molecule has 2 heterocycles. The molecule has 0 saturated carbocycles. The number of amides is 1. The molecule has 0 atom stereocenters. The zero-order valence-electron chi connectivity index (χ0n) is 13.7. The van der Waals surface area contributed by atoms with Gasteiger partial charge in [0.05, 0.1) is 16.1 Å². The Bertz CT molecular complexity index is 773. The Labute approximate surface area is 153 Å². The summed E-state index contributed by atoms with van der Waals surface area (Å²) in [5.74, 6) is 0.00980. The molecule has 0 radical (unpaired) electrons. The molecule has 1 fully saturated rings. The SMILES string of the molecule is O=C(c1ccccc1Cl)N1CCC(Oc2ccc(C(F)(F)F)cn2)CC1. The summed E-state index contributed by atoms with van der Waals surface area (Å²) in [6.45, 7) is 0.963. The molecule has 2 aromatic rings. The van der Waals surface area contributed by atoms with E-state index in [0.29, 0.717) is 36.5 Å². The average Bonchev–Trinajstić information content (AvgIpc) is 2.62. The van der Waals surface area contributed by atoms with Crippen LogP contribution in [0.4, 0.5) is 13.2 Å². The Morgan fingerprint density at radius 3 is 2.42 bits per heavy atom. The van der Waals surface area contributed by atoms with E-state index in [2.05, 4.69) is 4.98 Å². The molecule has 8 heteroatoms. The highest BCUT2D eigenvalue weighted by molar-refractivity contribution is 6.33. The Balaban J connectivity index is 1.56. The summed E-state index contributed by atoms with van der Waals surface area (Å²) in [7, 11) is 0. The van der Waals surface area contributed by atoms with Crippen molar-refractivity contribution in [1.82, 2.24) is 9.88 Å². The number of hydrogen-bond acceptors (Lipinski definition) is 3. The maximum absolute atomic E-state index is 12.5. The van der Waals surface area contributed by atoms with Crippen molar-refractivity contribution in [2.45, 2.75) is 25.1 Å². The molecule has 0 N–H and O–H groups in total. The molecule has 26 heavy (non-hydrogen) atoms. The first-order valence-electron chi connectivity index (χ1n) is 8.08. The maximum Gasteiger partial charge on any atom is 0.417 e. The lowest BCUT2D eigenvalue weighted by atomic mass is 10.1. The number of benzene rings is 1. The second-order valence-corrected chi connectivity index (χ2v) is 6.38. The summed E-state index contributed by atoms with van der Waals surface area (Å²) in [6.07, 6.45) is -2.73. The number of carbonyl (C=O) groups is 1. The molecule has 1 aliphatic rings. The molecule has 1 aromatic carbocycles. The highest BCUT2D eigenvalue weighted by Gasteiger charge is 2.31. The van der Waals surface area contributed by atoms with Gasteiger partial charge in [0, 0.05) is 38.2 Å². The summed E-state index contributed by atoms with van der Waals surface area (Å²) in [4.78, 5) is 17.9. The molecule has 1 saturated heterocycles. The Morgan fingerprint density at radius 2 is 1.85 bits per heavy atom. The van der Waals surface area contributed by atoms with Crippen LogP contribution in [0.1, 0.15) is 28.8 Å². The number of likely N-dealkylation sites (tertiary alicyclic amines) is 1. The van der Waals surface area contributed by atoms with E-state index >= 15 is 0 Å². The van der Waals surface area contributed by atoms with Crippen molar-refractivity contribution in [1.29, 1.82) is 0 Å². The summed E-state index contributed by atoms with van der Waals surface area (Å²) in [6, 6.07) is 9.02. The van der Waals surface area contributed by atoms with Crippen LogP contribution in [-0.4, -0.2) is 35.0 Å². The van der Waals surface area contributed by atoms with Gasteiger partial charge in [0.15, 0.2) is 0 Å². The number of aromatic nitrogens is 1. The molecule has 0 spiro atoms. The van der Waals surface area contributed by atoms with E-state index in [1.807, 2.05) is 0 Å². The van der Waals surface area contributed by atoms with Crippen LogP contribution in [0.3, 0.4) is 0 Å². The van der Waals surface area contributed by atoms with Gasteiger partial charge in [-0.05, 0) is 18.2 Å². The second-order valence-electron chi connectivity index (χ2n) is 5.97. The van der Waals surface area contributed by atoms with Crippen LogP contribution in [0.2, 0.25) is 5.02 Å². The zero-order valence-corrected chi connectivity index (χ0v) is 14.4. The first-order valence-corrected chi connectivity index (χ1v) is 8.46. The number of nitrogens with zero attached hydrogens (tertiary/aromatic N) is 2. The van der Waals surface area contributed by atoms with Crippen LogP contribution in [0.25, 0.3) is 0 Å². The summed E-state index contributed by atoms with van der Waals surface area (Å²) in [5.41, 5.74) is -0.358. The van der Waals surface area contributed by atoms with E-state index in [0.717, 1.165) is 12.3 Å². The van der Waals surface area contributed by atoms with Gasteiger partial charge in [0.2, 0.25) is 5.88 Å². The largest absolute Gasteiger partial charge is 0.474 e. The van der Waals surface area contributed by atoms with Crippen molar-refractivity contribution in [3.05, 3.63) is 58.7 Å². The van der Waals surface area contributed by atoms with Crippen molar-refractivity contribution in [3.8, 4) is 5.88 Å². The minimum absolute atomic E-state index is 0.137. The molecule has 0 aliphatic carbocycles. The van der Waals surface area contributed by atoms with Crippen LogP contribution in [0.5, 0.6) is 5.88 Å². The fraction of sp³-hybridized carbons (Fsp3) is 0.333.